The predicted molar refractivity (Wildman–Crippen MR) is 168 cm³/mol. The van der Waals surface area contributed by atoms with E-state index in [0.29, 0.717) is 12.3 Å². The fraction of sp³-hybridized carbons (Fsp3) is 0.500. The van der Waals surface area contributed by atoms with Gasteiger partial charge in [0.05, 0.1) is 0 Å². The van der Waals surface area contributed by atoms with Gasteiger partial charge in [0.1, 0.15) is 6.04 Å². The van der Waals surface area contributed by atoms with Crippen LogP contribution in [-0.4, -0.2) is 33.3 Å². The van der Waals surface area contributed by atoms with Crippen molar-refractivity contribution in [2.75, 3.05) is 11.9 Å². The number of anilines is 1. The molecule has 1 N–H and O–H groups in total. The molecule has 6 heteroatoms. The number of nitrogens with one attached hydrogen (secondary N) is 1. The van der Waals surface area contributed by atoms with Gasteiger partial charge in [-0.2, -0.15) is 0 Å². The van der Waals surface area contributed by atoms with E-state index in [1.165, 1.54) is 11.1 Å². The van der Waals surface area contributed by atoms with Crippen LogP contribution in [0, 0.1) is 18.8 Å². The summed E-state index contributed by atoms with van der Waals surface area (Å²) in [4.78, 5) is 27.8. The number of fused-ring (bicyclic) bond motifs is 1. The molecule has 1 unspecified atom stereocenters. The number of hydrogen-bond donors (Lipinski definition) is 1. The monoisotopic (exact) mass is 539 g/mol. The van der Waals surface area contributed by atoms with Crippen molar-refractivity contribution >= 4 is 44.4 Å². The molecule has 0 aromatic heterocycles. The van der Waals surface area contributed by atoms with Gasteiger partial charge in [0.15, 0.2) is 0 Å². The van der Waals surface area contributed by atoms with Crippen molar-refractivity contribution in [1.29, 1.82) is 0 Å². The molecule has 1 aliphatic carbocycles. The van der Waals surface area contributed by atoms with Crippen LogP contribution in [0.2, 0.25) is 0 Å². The lowest BCUT2D eigenvalue weighted by molar-refractivity contribution is -0.130. The predicted octanol–water partition coefficient (Wildman–Crippen LogP) is 7.42. The molecule has 2 aliphatic rings. The van der Waals surface area contributed by atoms with Gasteiger partial charge in [-0.25, -0.2) is 0 Å². The Balaban J connectivity index is 0. The number of carbonyl (C=O) groups excluding carboxylic acids is 2. The zero-order chi connectivity index (χ0) is 26.7. The van der Waals surface area contributed by atoms with Crippen molar-refractivity contribution in [2.45, 2.75) is 85.6 Å². The van der Waals surface area contributed by atoms with Crippen LogP contribution in [-0.2, 0) is 22.4 Å². The van der Waals surface area contributed by atoms with Gasteiger partial charge in [-0.1, -0.05) is 82.3 Å². The van der Waals surface area contributed by atoms with Gasteiger partial charge in [-0.3, -0.25) is 9.59 Å². The van der Waals surface area contributed by atoms with Crippen LogP contribution in [0.3, 0.4) is 0 Å². The van der Waals surface area contributed by atoms with Crippen molar-refractivity contribution in [3.8, 4) is 0 Å². The average Bonchev–Trinajstić information content (AvgIpc) is 3.03. The van der Waals surface area contributed by atoms with Gasteiger partial charge >= 0.3 is 0 Å². The molecular formula is C32H49BClN2O2. The highest BCUT2D eigenvalue weighted by Gasteiger charge is 2.32. The van der Waals surface area contributed by atoms with Crippen molar-refractivity contribution in [1.82, 2.24) is 5.32 Å². The minimum absolute atomic E-state index is 0. The number of nitrogens with zero attached hydrogens (tertiary/aromatic N) is 1. The number of benzene rings is 2. The molecule has 0 bridgehead atoms. The second-order valence-corrected chi connectivity index (χ2v) is 9.50. The summed E-state index contributed by atoms with van der Waals surface area (Å²) in [6.45, 7) is 14.0. The third-order valence-corrected chi connectivity index (χ3v) is 7.18. The fourth-order valence-electron chi connectivity index (χ4n) is 5.23. The van der Waals surface area contributed by atoms with E-state index < -0.39 is 6.04 Å². The van der Waals surface area contributed by atoms with Crippen molar-refractivity contribution in [2.24, 2.45) is 11.8 Å². The molecule has 1 fully saturated rings. The Kier molecular flexibility index (Phi) is 16.7. The lowest BCUT2D eigenvalue weighted by Gasteiger charge is -2.29. The van der Waals surface area contributed by atoms with Crippen LogP contribution in [0.5, 0.6) is 0 Å². The molecule has 38 heavy (non-hydrogen) atoms. The smallest absolute Gasteiger partial charge is 0.249 e. The quantitative estimate of drug-likeness (QED) is 0.402. The number of hydrogen-bond acceptors (Lipinski definition) is 2. The van der Waals surface area contributed by atoms with Gasteiger partial charge in [-0.15, -0.1) is 12.4 Å². The molecule has 4 nitrogen and oxygen atoms in total. The molecule has 2 aromatic rings. The van der Waals surface area contributed by atoms with Crippen LogP contribution >= 0.6 is 12.4 Å². The highest BCUT2D eigenvalue weighted by atomic mass is 35.5. The Hall–Kier alpha value is -2.53. The number of likely N-dealkylation sites (N-methyl/N-ethyl adjacent to an activating group) is 1. The third-order valence-electron chi connectivity index (χ3n) is 7.18. The van der Waals surface area contributed by atoms with Gasteiger partial charge in [0, 0.05) is 28.5 Å². The molecule has 3 radical (unpaired) electrons. The first-order valence-electron chi connectivity index (χ1n) is 13.8. The molecule has 2 amide bonds. The Bertz CT molecular complexity index is 1020. The highest BCUT2D eigenvalue weighted by molar-refractivity contribution is 6.00. The molecule has 4 rings (SSSR count). The third kappa shape index (κ3) is 9.34. The topological polar surface area (TPSA) is 49.4 Å². The maximum Gasteiger partial charge on any atom is 0.249 e. The van der Waals surface area contributed by atoms with Crippen molar-refractivity contribution < 1.29 is 11.0 Å². The lowest BCUT2D eigenvalue weighted by Crippen LogP contribution is -2.48. The molecule has 0 saturated heterocycles. The van der Waals surface area contributed by atoms with Crippen LogP contribution in [0.4, 0.5) is 5.69 Å². The summed E-state index contributed by atoms with van der Waals surface area (Å²) in [5.74, 6) is 0.662. The molecule has 1 heterocycles. The van der Waals surface area contributed by atoms with Crippen LogP contribution in [0.25, 0.3) is 6.08 Å². The Labute approximate surface area is 241 Å². The second kappa shape index (κ2) is 17.9. The van der Waals surface area contributed by atoms with E-state index in [1.54, 1.807) is 18.0 Å². The fourth-order valence-corrected chi connectivity index (χ4v) is 5.23. The molecule has 1 atom stereocenters. The summed E-state index contributed by atoms with van der Waals surface area (Å²) in [5, 5.41) is 3.09. The van der Waals surface area contributed by atoms with E-state index in [9.17, 15) is 9.59 Å². The normalized spacial score (nSPS) is 19.9. The number of aryl methyl sites for hydroxylation is 2. The molecule has 209 valence electrons. The minimum atomic E-state index is -0.461. The Morgan fingerprint density at radius 3 is 2.32 bits per heavy atom. The van der Waals surface area contributed by atoms with E-state index in [1.807, 2.05) is 39.8 Å². The second-order valence-electron chi connectivity index (χ2n) is 9.50. The van der Waals surface area contributed by atoms with E-state index >= 15 is 0 Å². The molecule has 2 aromatic carbocycles. The summed E-state index contributed by atoms with van der Waals surface area (Å²) < 4.78 is 0. The Morgan fingerprint density at radius 1 is 1.05 bits per heavy atom. The number of amides is 2. The first-order chi connectivity index (χ1) is 17.4. The zero-order valence-corrected chi connectivity index (χ0v) is 25.1. The summed E-state index contributed by atoms with van der Waals surface area (Å²) in [6, 6.07) is 14.4. The van der Waals surface area contributed by atoms with Gasteiger partial charge in [-0.05, 0) is 80.5 Å². The number of halogens is 1. The number of rotatable bonds is 5. The van der Waals surface area contributed by atoms with Crippen molar-refractivity contribution in [3.05, 3.63) is 71.3 Å². The maximum atomic E-state index is 13.1. The number of carbonyl (C=O) groups is 2. The maximum absolute atomic E-state index is 13.1. The van der Waals surface area contributed by atoms with E-state index in [2.05, 4.69) is 49.2 Å². The summed E-state index contributed by atoms with van der Waals surface area (Å²) in [6.07, 6.45) is 8.24. The zero-order valence-electron chi connectivity index (χ0n) is 24.3. The molecule has 0 spiro atoms. The van der Waals surface area contributed by atoms with E-state index in [-0.39, 0.29) is 40.0 Å². The van der Waals surface area contributed by atoms with Gasteiger partial charge < -0.3 is 10.2 Å². The summed E-state index contributed by atoms with van der Waals surface area (Å²) in [7, 11) is 1.80. The van der Waals surface area contributed by atoms with Crippen molar-refractivity contribution in [3.63, 3.8) is 0 Å². The lowest BCUT2D eigenvalue weighted by atomic mass is 9.78. The molecule has 1 saturated carbocycles. The minimum Gasteiger partial charge on any atom is -0.344 e. The van der Waals surface area contributed by atoms with Crippen LogP contribution in [0.1, 0.15) is 83.5 Å². The molecule has 1 aliphatic heterocycles. The largest absolute Gasteiger partial charge is 0.344 e. The summed E-state index contributed by atoms with van der Waals surface area (Å²) in [5.41, 5.74) is 5.75. The first-order valence-corrected chi connectivity index (χ1v) is 13.8. The average molecular weight is 540 g/mol. The SMILES string of the molecule is C=Cc1ccc2c(c1)N(C)C(=O)C(NC(=O)C1CCC(Cc3cccc(C)c3)CC1)CC2.CC.CC.Cl.[B].[HH]. The van der Waals surface area contributed by atoms with Gasteiger partial charge in [0.2, 0.25) is 11.8 Å². The van der Waals surface area contributed by atoms with Crippen LogP contribution < -0.4 is 10.2 Å². The van der Waals surface area contributed by atoms with E-state index in [4.69, 9.17) is 0 Å². The first kappa shape index (κ1) is 35.5. The molecular weight excluding hydrogens is 491 g/mol. The van der Waals surface area contributed by atoms with Gasteiger partial charge in [0.25, 0.3) is 0 Å². The van der Waals surface area contributed by atoms with Crippen LogP contribution in [0.15, 0.2) is 49.0 Å². The standard InChI is InChI=1S/C28H34N2O2.2C2H6.B.ClH.H2/c1-4-20-8-11-23-14-15-25(28(32)30(3)26(23)18-20)29-27(31)24-12-9-21(10-13-24)17-22-7-5-6-19(2)16-22;2*1-2;;;/h4-8,11,16,18,21,24-25H,1,9-10,12-15,17H2,2-3H3,(H,29,31);2*1-2H3;;2*1H. The summed E-state index contributed by atoms with van der Waals surface area (Å²) >= 11 is 0. The van der Waals surface area contributed by atoms with E-state index in [0.717, 1.165) is 55.3 Å². The highest BCUT2D eigenvalue weighted by Crippen LogP contribution is 2.32. The Morgan fingerprint density at radius 2 is 1.71 bits per heavy atom.